The molecule has 1 aromatic rings. The molecule has 1 aromatic heterocycles. The first kappa shape index (κ1) is 10.1. The SMILES string of the molecule is CC(C)CCN1CCc2n[c]sc2C1. The van der Waals surface area contributed by atoms with Crippen LogP contribution in [0.4, 0.5) is 0 Å². The molecule has 0 aromatic carbocycles. The van der Waals surface area contributed by atoms with Crippen molar-refractivity contribution >= 4 is 11.3 Å². The van der Waals surface area contributed by atoms with Gasteiger partial charge in [0.15, 0.2) is 5.51 Å². The fraction of sp³-hybridized carbons (Fsp3) is 0.727. The molecule has 1 aliphatic heterocycles. The van der Waals surface area contributed by atoms with E-state index >= 15 is 0 Å². The Morgan fingerprint density at radius 2 is 2.43 bits per heavy atom. The van der Waals surface area contributed by atoms with Crippen LogP contribution in [0.1, 0.15) is 30.8 Å². The molecule has 0 atom stereocenters. The summed E-state index contributed by atoms with van der Waals surface area (Å²) in [5.41, 5.74) is 4.28. The summed E-state index contributed by atoms with van der Waals surface area (Å²) in [5, 5.41) is 0. The lowest BCUT2D eigenvalue weighted by Crippen LogP contribution is -2.31. The molecule has 2 nitrogen and oxygen atoms in total. The fourth-order valence-electron chi connectivity index (χ4n) is 1.75. The molecule has 0 aliphatic carbocycles. The Morgan fingerprint density at radius 1 is 1.57 bits per heavy atom. The summed E-state index contributed by atoms with van der Waals surface area (Å²) < 4.78 is 0. The van der Waals surface area contributed by atoms with Crippen molar-refractivity contribution in [3.63, 3.8) is 0 Å². The molecule has 2 heterocycles. The van der Waals surface area contributed by atoms with Crippen molar-refractivity contribution in [2.45, 2.75) is 33.2 Å². The van der Waals surface area contributed by atoms with E-state index in [4.69, 9.17) is 0 Å². The van der Waals surface area contributed by atoms with E-state index in [-0.39, 0.29) is 0 Å². The van der Waals surface area contributed by atoms with Crippen molar-refractivity contribution in [1.29, 1.82) is 0 Å². The Morgan fingerprint density at radius 3 is 3.21 bits per heavy atom. The third kappa shape index (κ3) is 2.34. The quantitative estimate of drug-likeness (QED) is 0.759. The Labute approximate surface area is 90.0 Å². The van der Waals surface area contributed by atoms with Gasteiger partial charge in [0.05, 0.1) is 5.69 Å². The fourth-order valence-corrected chi connectivity index (χ4v) is 2.53. The topological polar surface area (TPSA) is 16.1 Å². The second kappa shape index (κ2) is 4.41. The van der Waals surface area contributed by atoms with Gasteiger partial charge in [-0.2, -0.15) is 0 Å². The van der Waals surface area contributed by atoms with E-state index in [0.717, 1.165) is 18.9 Å². The Kier molecular flexibility index (Phi) is 3.19. The predicted octanol–water partition coefficient (Wildman–Crippen LogP) is 2.35. The molecular weight excluding hydrogens is 192 g/mol. The van der Waals surface area contributed by atoms with Gasteiger partial charge in [-0.15, -0.1) is 11.3 Å². The zero-order valence-electron chi connectivity index (χ0n) is 8.92. The van der Waals surface area contributed by atoms with Crippen LogP contribution < -0.4 is 0 Å². The third-order valence-corrected chi connectivity index (χ3v) is 3.52. The molecule has 1 aliphatic rings. The molecule has 14 heavy (non-hydrogen) atoms. The third-order valence-electron chi connectivity index (χ3n) is 2.73. The Hall–Kier alpha value is -0.410. The molecule has 1 radical (unpaired) electrons. The minimum atomic E-state index is 0.810. The lowest BCUT2D eigenvalue weighted by atomic mass is 10.1. The highest BCUT2D eigenvalue weighted by molar-refractivity contribution is 7.09. The largest absolute Gasteiger partial charge is 0.298 e. The molecule has 2 rings (SSSR count). The van der Waals surface area contributed by atoms with Crippen molar-refractivity contribution < 1.29 is 0 Å². The Balaban J connectivity index is 1.88. The van der Waals surface area contributed by atoms with E-state index in [2.05, 4.69) is 29.2 Å². The summed E-state index contributed by atoms with van der Waals surface area (Å²) >= 11 is 1.69. The van der Waals surface area contributed by atoms with Crippen molar-refractivity contribution in [2.75, 3.05) is 13.1 Å². The standard InChI is InChI=1S/C11H17N2S/c1-9(2)3-5-13-6-4-10-11(7-13)14-8-12-10/h9H,3-7H2,1-2H3. The first-order valence-electron chi connectivity index (χ1n) is 5.32. The summed E-state index contributed by atoms with van der Waals surface area (Å²) in [5.74, 6) is 0.810. The van der Waals surface area contributed by atoms with E-state index in [9.17, 15) is 0 Å². The van der Waals surface area contributed by atoms with Crippen LogP contribution in [0, 0.1) is 11.4 Å². The highest BCUT2D eigenvalue weighted by atomic mass is 32.1. The molecule has 0 unspecified atom stereocenters. The van der Waals surface area contributed by atoms with E-state index in [1.807, 2.05) is 0 Å². The molecule has 3 heteroatoms. The van der Waals surface area contributed by atoms with Gasteiger partial charge in [-0.1, -0.05) is 13.8 Å². The second-order valence-corrected chi connectivity index (χ2v) is 5.26. The van der Waals surface area contributed by atoms with Gasteiger partial charge in [0.2, 0.25) is 0 Å². The molecular formula is C11H17N2S. The van der Waals surface area contributed by atoms with E-state index in [1.54, 1.807) is 11.3 Å². The second-order valence-electron chi connectivity index (χ2n) is 4.38. The van der Waals surface area contributed by atoms with Crippen LogP contribution in [0.5, 0.6) is 0 Å². The minimum Gasteiger partial charge on any atom is -0.298 e. The molecule has 0 bridgehead atoms. The van der Waals surface area contributed by atoms with Gasteiger partial charge in [-0.25, -0.2) is 4.98 Å². The number of rotatable bonds is 3. The van der Waals surface area contributed by atoms with Gasteiger partial charge in [0.1, 0.15) is 0 Å². The summed E-state index contributed by atoms with van der Waals surface area (Å²) in [6.07, 6.45) is 2.42. The molecule has 0 amide bonds. The number of hydrogen-bond donors (Lipinski definition) is 0. The van der Waals surface area contributed by atoms with Crippen LogP contribution in [0.2, 0.25) is 0 Å². The number of aromatic nitrogens is 1. The smallest absolute Gasteiger partial charge is 0.152 e. The zero-order valence-corrected chi connectivity index (χ0v) is 9.73. The number of thiazole rings is 1. The molecule has 0 saturated heterocycles. The van der Waals surface area contributed by atoms with Crippen LogP contribution in [0.3, 0.4) is 0 Å². The molecule has 0 fully saturated rings. The van der Waals surface area contributed by atoms with Gasteiger partial charge in [-0.05, 0) is 18.9 Å². The van der Waals surface area contributed by atoms with Crippen LogP contribution in [-0.2, 0) is 13.0 Å². The molecule has 0 spiro atoms. The minimum absolute atomic E-state index is 0.810. The summed E-state index contributed by atoms with van der Waals surface area (Å²) in [6.45, 7) is 8.08. The van der Waals surface area contributed by atoms with E-state index in [1.165, 1.54) is 30.1 Å². The first-order chi connectivity index (χ1) is 6.75. The normalized spacial score (nSPS) is 17.4. The monoisotopic (exact) mass is 209 g/mol. The number of hydrogen-bond acceptors (Lipinski definition) is 3. The van der Waals surface area contributed by atoms with Crippen LogP contribution in [-0.4, -0.2) is 23.0 Å². The Bertz CT molecular complexity index is 293. The van der Waals surface area contributed by atoms with Crippen molar-refractivity contribution in [3.8, 4) is 0 Å². The van der Waals surface area contributed by atoms with Crippen molar-refractivity contribution in [1.82, 2.24) is 9.88 Å². The maximum Gasteiger partial charge on any atom is 0.152 e. The molecule has 77 valence electrons. The highest BCUT2D eigenvalue weighted by Crippen LogP contribution is 2.21. The summed E-state index contributed by atoms with van der Waals surface area (Å²) in [4.78, 5) is 8.22. The maximum atomic E-state index is 4.25. The number of fused-ring (bicyclic) bond motifs is 1. The first-order valence-corrected chi connectivity index (χ1v) is 6.14. The van der Waals surface area contributed by atoms with Gasteiger partial charge >= 0.3 is 0 Å². The average molecular weight is 209 g/mol. The molecule has 0 saturated carbocycles. The highest BCUT2D eigenvalue weighted by Gasteiger charge is 2.18. The lowest BCUT2D eigenvalue weighted by molar-refractivity contribution is 0.241. The van der Waals surface area contributed by atoms with E-state index in [0.29, 0.717) is 0 Å². The zero-order chi connectivity index (χ0) is 9.97. The summed E-state index contributed by atoms with van der Waals surface area (Å²) in [6, 6.07) is 0. The molecule has 0 N–H and O–H groups in total. The van der Waals surface area contributed by atoms with Crippen LogP contribution in [0.25, 0.3) is 0 Å². The predicted molar refractivity (Wildman–Crippen MR) is 59.4 cm³/mol. The van der Waals surface area contributed by atoms with Crippen molar-refractivity contribution in [3.05, 3.63) is 16.1 Å². The van der Waals surface area contributed by atoms with Crippen LogP contribution >= 0.6 is 11.3 Å². The van der Waals surface area contributed by atoms with Gasteiger partial charge in [0, 0.05) is 24.4 Å². The van der Waals surface area contributed by atoms with Gasteiger partial charge in [-0.3, -0.25) is 4.90 Å². The maximum absolute atomic E-state index is 4.25. The van der Waals surface area contributed by atoms with Crippen LogP contribution in [0.15, 0.2) is 0 Å². The lowest BCUT2D eigenvalue weighted by Gasteiger charge is -2.26. The number of nitrogens with zero attached hydrogens (tertiary/aromatic N) is 2. The average Bonchev–Trinajstić information content (AvgIpc) is 2.61. The summed E-state index contributed by atoms with van der Waals surface area (Å²) in [7, 11) is 0. The van der Waals surface area contributed by atoms with Gasteiger partial charge in [0.25, 0.3) is 0 Å². The van der Waals surface area contributed by atoms with E-state index < -0.39 is 0 Å². The van der Waals surface area contributed by atoms with Crippen molar-refractivity contribution in [2.24, 2.45) is 5.92 Å². The van der Waals surface area contributed by atoms with Gasteiger partial charge < -0.3 is 0 Å².